The average molecular weight is 256 g/mol. The molecule has 0 aliphatic carbocycles. The molecular formula is C15H16N2O2. The number of aromatic nitrogens is 1. The molecule has 2 aromatic rings. The van der Waals surface area contributed by atoms with Crippen LogP contribution in [0.25, 0.3) is 0 Å². The lowest BCUT2D eigenvalue weighted by Crippen LogP contribution is -2.27. The van der Waals surface area contributed by atoms with Crippen molar-refractivity contribution in [2.75, 3.05) is 19.1 Å². The SMILES string of the molecule is COc1ccc(CC(=O)N(C)c2cccnc2)cc1. The number of carbonyl (C=O) groups excluding carboxylic acids is 1. The largest absolute Gasteiger partial charge is 0.497 e. The second kappa shape index (κ2) is 6.00. The molecule has 4 heteroatoms. The number of methoxy groups -OCH3 is 1. The van der Waals surface area contributed by atoms with Gasteiger partial charge in [0.15, 0.2) is 0 Å². The Morgan fingerprint density at radius 1 is 1.26 bits per heavy atom. The maximum absolute atomic E-state index is 12.1. The third kappa shape index (κ3) is 3.31. The van der Waals surface area contributed by atoms with E-state index in [0.717, 1.165) is 17.0 Å². The van der Waals surface area contributed by atoms with Gasteiger partial charge >= 0.3 is 0 Å². The smallest absolute Gasteiger partial charge is 0.231 e. The number of likely N-dealkylation sites (N-methyl/N-ethyl adjacent to an activating group) is 1. The Labute approximate surface area is 112 Å². The van der Waals surface area contributed by atoms with E-state index in [2.05, 4.69) is 4.98 Å². The number of carbonyl (C=O) groups is 1. The van der Waals surface area contributed by atoms with Gasteiger partial charge in [0.1, 0.15) is 5.75 Å². The highest BCUT2D eigenvalue weighted by molar-refractivity contribution is 5.94. The molecule has 0 unspecified atom stereocenters. The molecular weight excluding hydrogens is 240 g/mol. The van der Waals surface area contributed by atoms with Crippen LogP contribution in [0.4, 0.5) is 5.69 Å². The summed E-state index contributed by atoms with van der Waals surface area (Å²) in [6.45, 7) is 0. The molecule has 0 fully saturated rings. The van der Waals surface area contributed by atoms with Gasteiger partial charge in [-0.2, -0.15) is 0 Å². The van der Waals surface area contributed by atoms with Crippen molar-refractivity contribution in [1.82, 2.24) is 4.98 Å². The number of hydrogen-bond donors (Lipinski definition) is 0. The summed E-state index contributed by atoms with van der Waals surface area (Å²) >= 11 is 0. The second-order valence-corrected chi connectivity index (χ2v) is 4.19. The van der Waals surface area contributed by atoms with E-state index in [4.69, 9.17) is 4.74 Å². The first kappa shape index (κ1) is 13.1. The van der Waals surface area contributed by atoms with Gasteiger partial charge in [0, 0.05) is 13.2 Å². The van der Waals surface area contributed by atoms with Gasteiger partial charge in [0.05, 0.1) is 25.4 Å². The summed E-state index contributed by atoms with van der Waals surface area (Å²) in [5, 5.41) is 0. The van der Waals surface area contributed by atoms with Crippen molar-refractivity contribution in [2.45, 2.75) is 6.42 Å². The molecule has 2 rings (SSSR count). The lowest BCUT2D eigenvalue weighted by atomic mass is 10.1. The quantitative estimate of drug-likeness (QED) is 0.843. The van der Waals surface area contributed by atoms with Crippen molar-refractivity contribution in [3.05, 3.63) is 54.4 Å². The van der Waals surface area contributed by atoms with Gasteiger partial charge < -0.3 is 9.64 Å². The first-order chi connectivity index (χ1) is 9.20. The van der Waals surface area contributed by atoms with Crippen LogP contribution < -0.4 is 9.64 Å². The van der Waals surface area contributed by atoms with Gasteiger partial charge in [0.25, 0.3) is 0 Å². The Bertz CT molecular complexity index is 538. The van der Waals surface area contributed by atoms with E-state index in [-0.39, 0.29) is 5.91 Å². The van der Waals surface area contributed by atoms with Gasteiger partial charge in [-0.1, -0.05) is 12.1 Å². The highest BCUT2D eigenvalue weighted by Crippen LogP contribution is 2.14. The van der Waals surface area contributed by atoms with Gasteiger partial charge in [-0.25, -0.2) is 0 Å². The zero-order valence-corrected chi connectivity index (χ0v) is 11.0. The van der Waals surface area contributed by atoms with Crippen molar-refractivity contribution >= 4 is 11.6 Å². The summed E-state index contributed by atoms with van der Waals surface area (Å²) in [6, 6.07) is 11.2. The van der Waals surface area contributed by atoms with E-state index < -0.39 is 0 Å². The monoisotopic (exact) mass is 256 g/mol. The van der Waals surface area contributed by atoms with Gasteiger partial charge in [0.2, 0.25) is 5.91 Å². The fourth-order valence-electron chi connectivity index (χ4n) is 1.73. The van der Waals surface area contributed by atoms with Crippen LogP contribution in [0, 0.1) is 0 Å². The number of amides is 1. The molecule has 0 bridgehead atoms. The standard InChI is InChI=1S/C15H16N2O2/c1-17(13-4-3-9-16-11-13)15(18)10-12-5-7-14(19-2)8-6-12/h3-9,11H,10H2,1-2H3. The van der Waals surface area contributed by atoms with E-state index in [0.29, 0.717) is 6.42 Å². The Morgan fingerprint density at radius 3 is 2.58 bits per heavy atom. The minimum Gasteiger partial charge on any atom is -0.497 e. The van der Waals surface area contributed by atoms with E-state index in [1.54, 1.807) is 31.5 Å². The predicted octanol–water partition coefficient (Wildman–Crippen LogP) is 2.30. The molecule has 0 aliphatic rings. The van der Waals surface area contributed by atoms with Gasteiger partial charge in [-0.05, 0) is 29.8 Å². The normalized spacial score (nSPS) is 10.0. The first-order valence-electron chi connectivity index (χ1n) is 6.00. The summed E-state index contributed by atoms with van der Waals surface area (Å²) < 4.78 is 5.09. The topological polar surface area (TPSA) is 42.4 Å². The summed E-state index contributed by atoms with van der Waals surface area (Å²) in [5.74, 6) is 0.815. The molecule has 0 saturated carbocycles. The van der Waals surface area contributed by atoms with Crippen molar-refractivity contribution in [1.29, 1.82) is 0 Å². The molecule has 0 saturated heterocycles. The third-order valence-electron chi connectivity index (χ3n) is 2.92. The first-order valence-corrected chi connectivity index (χ1v) is 6.00. The fourth-order valence-corrected chi connectivity index (χ4v) is 1.73. The van der Waals surface area contributed by atoms with Crippen LogP contribution in [0.2, 0.25) is 0 Å². The van der Waals surface area contributed by atoms with Crippen LogP contribution in [0.1, 0.15) is 5.56 Å². The predicted molar refractivity (Wildman–Crippen MR) is 74.3 cm³/mol. The van der Waals surface area contributed by atoms with Crippen molar-refractivity contribution in [2.24, 2.45) is 0 Å². The summed E-state index contributed by atoms with van der Waals surface area (Å²) in [4.78, 5) is 17.8. The Morgan fingerprint density at radius 2 is 2.00 bits per heavy atom. The lowest BCUT2D eigenvalue weighted by molar-refractivity contribution is -0.117. The van der Waals surface area contributed by atoms with Gasteiger partial charge in [-0.15, -0.1) is 0 Å². The van der Waals surface area contributed by atoms with Gasteiger partial charge in [-0.3, -0.25) is 9.78 Å². The molecule has 1 amide bonds. The van der Waals surface area contributed by atoms with E-state index >= 15 is 0 Å². The number of ether oxygens (including phenoxy) is 1. The molecule has 1 heterocycles. The zero-order valence-electron chi connectivity index (χ0n) is 11.0. The molecule has 4 nitrogen and oxygen atoms in total. The second-order valence-electron chi connectivity index (χ2n) is 4.19. The van der Waals surface area contributed by atoms with E-state index in [1.165, 1.54) is 0 Å². The summed E-state index contributed by atoms with van der Waals surface area (Å²) in [7, 11) is 3.37. The lowest BCUT2D eigenvalue weighted by Gasteiger charge is -2.16. The molecule has 0 spiro atoms. The number of anilines is 1. The number of pyridine rings is 1. The van der Waals surface area contributed by atoms with Crippen LogP contribution in [0.5, 0.6) is 5.75 Å². The molecule has 0 radical (unpaired) electrons. The maximum atomic E-state index is 12.1. The van der Waals surface area contributed by atoms with E-state index in [9.17, 15) is 4.79 Å². The Hall–Kier alpha value is -2.36. The minimum atomic E-state index is 0.0261. The maximum Gasteiger partial charge on any atom is 0.231 e. The Kier molecular flexibility index (Phi) is 4.13. The van der Waals surface area contributed by atoms with Crippen LogP contribution in [0.3, 0.4) is 0 Å². The van der Waals surface area contributed by atoms with Crippen LogP contribution in [-0.4, -0.2) is 25.0 Å². The Balaban J connectivity index is 2.04. The molecule has 0 N–H and O–H groups in total. The number of hydrogen-bond acceptors (Lipinski definition) is 3. The van der Waals surface area contributed by atoms with Crippen LogP contribution >= 0.6 is 0 Å². The highest BCUT2D eigenvalue weighted by atomic mass is 16.5. The zero-order chi connectivity index (χ0) is 13.7. The molecule has 1 aromatic carbocycles. The minimum absolute atomic E-state index is 0.0261. The van der Waals surface area contributed by atoms with Crippen LogP contribution in [0.15, 0.2) is 48.8 Å². The third-order valence-corrected chi connectivity index (χ3v) is 2.92. The average Bonchev–Trinajstić information content (AvgIpc) is 2.48. The fraction of sp³-hybridized carbons (Fsp3) is 0.200. The summed E-state index contributed by atoms with van der Waals surface area (Å²) in [6.07, 6.45) is 3.71. The van der Waals surface area contributed by atoms with Crippen molar-refractivity contribution in [3.63, 3.8) is 0 Å². The molecule has 0 aliphatic heterocycles. The van der Waals surface area contributed by atoms with Crippen molar-refractivity contribution in [3.8, 4) is 5.75 Å². The molecule has 1 aromatic heterocycles. The summed E-state index contributed by atoms with van der Waals surface area (Å²) in [5.41, 5.74) is 1.75. The van der Waals surface area contributed by atoms with E-state index in [1.807, 2.05) is 36.4 Å². The molecule has 19 heavy (non-hydrogen) atoms. The van der Waals surface area contributed by atoms with Crippen LogP contribution in [-0.2, 0) is 11.2 Å². The molecule has 98 valence electrons. The number of benzene rings is 1. The van der Waals surface area contributed by atoms with Crippen molar-refractivity contribution < 1.29 is 9.53 Å². The molecule has 0 atom stereocenters. The highest BCUT2D eigenvalue weighted by Gasteiger charge is 2.11. The number of nitrogens with zero attached hydrogens (tertiary/aromatic N) is 2. The number of rotatable bonds is 4.